The van der Waals surface area contributed by atoms with E-state index in [0.29, 0.717) is 25.5 Å². The number of nitrogen functional groups attached to an aromatic ring is 1. The van der Waals surface area contributed by atoms with Crippen LogP contribution in [0.15, 0.2) is 12.4 Å². The smallest absolute Gasteiger partial charge is 0.327 e. The topological polar surface area (TPSA) is 88.6 Å². The first-order valence-corrected chi connectivity index (χ1v) is 5.22. The molecule has 0 aliphatic carbocycles. The van der Waals surface area contributed by atoms with E-state index in [1.165, 1.54) is 10.9 Å². The lowest BCUT2D eigenvalue weighted by Crippen LogP contribution is -2.17. The molecule has 0 saturated carbocycles. The second kappa shape index (κ2) is 7.64. The minimum Gasteiger partial charge on any atom is -0.462 e. The number of hydrogen-bond donors (Lipinski definition) is 1. The molecule has 2 N–H and O–H groups in total. The number of esters is 1. The minimum absolute atomic E-state index is 0.0509. The van der Waals surface area contributed by atoms with Crippen LogP contribution in [-0.2, 0) is 25.5 Å². The van der Waals surface area contributed by atoms with Gasteiger partial charge in [0, 0.05) is 13.3 Å². The molecule has 7 heteroatoms. The van der Waals surface area contributed by atoms with Crippen LogP contribution >= 0.6 is 0 Å². The van der Waals surface area contributed by atoms with Gasteiger partial charge in [0.1, 0.15) is 13.2 Å². The van der Waals surface area contributed by atoms with E-state index in [-0.39, 0.29) is 19.1 Å². The van der Waals surface area contributed by atoms with Gasteiger partial charge in [0.15, 0.2) is 0 Å². The number of carbonyl (C=O) groups excluding carboxylic acids is 1. The van der Waals surface area contributed by atoms with Crippen molar-refractivity contribution in [2.24, 2.45) is 0 Å². The van der Waals surface area contributed by atoms with Crippen LogP contribution in [0.2, 0.25) is 0 Å². The molecule has 0 aliphatic heterocycles. The second-order valence-corrected chi connectivity index (χ2v) is 3.30. The van der Waals surface area contributed by atoms with Crippen LogP contribution in [0.5, 0.6) is 0 Å². The van der Waals surface area contributed by atoms with Gasteiger partial charge < -0.3 is 19.9 Å². The predicted molar refractivity (Wildman–Crippen MR) is 60.3 cm³/mol. The Morgan fingerprint density at radius 3 is 2.82 bits per heavy atom. The second-order valence-electron chi connectivity index (χ2n) is 3.30. The maximum Gasteiger partial charge on any atom is 0.327 e. The molecule has 0 spiro atoms. The number of nitrogens with zero attached hydrogens (tertiary/aromatic N) is 2. The highest BCUT2D eigenvalue weighted by Gasteiger charge is 2.04. The van der Waals surface area contributed by atoms with Crippen LogP contribution in [0.1, 0.15) is 0 Å². The van der Waals surface area contributed by atoms with E-state index >= 15 is 0 Å². The summed E-state index contributed by atoms with van der Waals surface area (Å²) >= 11 is 0. The van der Waals surface area contributed by atoms with Gasteiger partial charge in [-0.1, -0.05) is 0 Å². The average Bonchev–Trinajstić information content (AvgIpc) is 2.69. The molecule has 0 saturated heterocycles. The van der Waals surface area contributed by atoms with Crippen molar-refractivity contribution in [3.63, 3.8) is 0 Å². The summed E-state index contributed by atoms with van der Waals surface area (Å²) in [6.07, 6.45) is 3.04. The first-order valence-electron chi connectivity index (χ1n) is 5.22. The fourth-order valence-electron chi connectivity index (χ4n) is 1.10. The third-order valence-corrected chi connectivity index (χ3v) is 1.87. The number of carbonyl (C=O) groups is 1. The summed E-state index contributed by atoms with van der Waals surface area (Å²) in [5.41, 5.74) is 5.97. The Bertz CT molecular complexity index is 340. The van der Waals surface area contributed by atoms with E-state index in [9.17, 15) is 4.79 Å². The molecule has 0 radical (unpaired) electrons. The average molecular weight is 243 g/mol. The van der Waals surface area contributed by atoms with Crippen LogP contribution in [0, 0.1) is 0 Å². The molecule has 0 amide bonds. The molecule has 0 unspecified atom stereocenters. The Balaban J connectivity index is 2.05. The molecule has 0 aromatic carbocycles. The Morgan fingerprint density at radius 1 is 1.41 bits per heavy atom. The number of methoxy groups -OCH3 is 1. The van der Waals surface area contributed by atoms with Gasteiger partial charge >= 0.3 is 5.97 Å². The molecule has 1 heterocycles. The summed E-state index contributed by atoms with van der Waals surface area (Å²) in [6.45, 7) is 1.65. The monoisotopic (exact) mass is 243 g/mol. The first kappa shape index (κ1) is 13.5. The third-order valence-electron chi connectivity index (χ3n) is 1.87. The highest BCUT2D eigenvalue weighted by Crippen LogP contribution is 1.97. The van der Waals surface area contributed by atoms with Gasteiger partial charge in [-0.2, -0.15) is 5.10 Å². The van der Waals surface area contributed by atoms with Gasteiger partial charge in [-0.15, -0.1) is 0 Å². The van der Waals surface area contributed by atoms with Crippen molar-refractivity contribution in [1.29, 1.82) is 0 Å². The Labute approximate surface area is 99.4 Å². The number of hydrogen-bond acceptors (Lipinski definition) is 6. The Hall–Kier alpha value is -1.60. The van der Waals surface area contributed by atoms with Gasteiger partial charge in [-0.3, -0.25) is 9.48 Å². The van der Waals surface area contributed by atoms with Crippen molar-refractivity contribution in [2.75, 3.05) is 39.3 Å². The van der Waals surface area contributed by atoms with Gasteiger partial charge in [-0.05, 0) is 0 Å². The molecule has 7 nitrogen and oxygen atoms in total. The van der Waals surface area contributed by atoms with Crippen molar-refractivity contribution < 1.29 is 19.0 Å². The number of nitrogens with two attached hydrogens (primary N) is 1. The van der Waals surface area contributed by atoms with Gasteiger partial charge in [0.2, 0.25) is 0 Å². The van der Waals surface area contributed by atoms with Crippen molar-refractivity contribution >= 4 is 11.7 Å². The first-order chi connectivity index (χ1) is 8.22. The summed E-state index contributed by atoms with van der Waals surface area (Å²) in [4.78, 5) is 11.3. The molecule has 0 atom stereocenters. The fraction of sp³-hybridized carbons (Fsp3) is 0.600. The van der Waals surface area contributed by atoms with Crippen LogP contribution in [0.3, 0.4) is 0 Å². The molecule has 1 rings (SSSR count). The van der Waals surface area contributed by atoms with Gasteiger partial charge in [0.05, 0.1) is 31.7 Å². The van der Waals surface area contributed by atoms with Crippen LogP contribution in [-0.4, -0.2) is 49.3 Å². The van der Waals surface area contributed by atoms with Crippen molar-refractivity contribution in [2.45, 2.75) is 6.54 Å². The summed E-state index contributed by atoms with van der Waals surface area (Å²) in [7, 11) is 1.60. The molecule has 0 fully saturated rings. The summed E-state index contributed by atoms with van der Waals surface area (Å²) in [6, 6.07) is 0. The largest absolute Gasteiger partial charge is 0.462 e. The highest BCUT2D eigenvalue weighted by atomic mass is 16.6. The Morgan fingerprint density at radius 2 is 2.18 bits per heavy atom. The fourth-order valence-corrected chi connectivity index (χ4v) is 1.10. The quantitative estimate of drug-likeness (QED) is 0.497. The van der Waals surface area contributed by atoms with Crippen LogP contribution in [0.25, 0.3) is 0 Å². The van der Waals surface area contributed by atoms with Crippen molar-refractivity contribution in [3.05, 3.63) is 12.4 Å². The zero-order valence-corrected chi connectivity index (χ0v) is 9.80. The Kier molecular flexibility index (Phi) is 6.05. The molecule has 0 bridgehead atoms. The lowest BCUT2D eigenvalue weighted by atomic mass is 10.6. The maximum atomic E-state index is 11.3. The number of aromatic nitrogens is 2. The lowest BCUT2D eigenvalue weighted by Gasteiger charge is -2.05. The standard InChI is InChI=1S/C10H17N3O4/c1-15-2-3-16-4-5-17-10(14)8-13-7-9(11)6-12-13/h6-7H,2-5,8,11H2,1H3. The molecular weight excluding hydrogens is 226 g/mol. The molecule has 96 valence electrons. The highest BCUT2D eigenvalue weighted by molar-refractivity contribution is 5.69. The molecule has 1 aromatic rings. The molecular formula is C10H17N3O4. The molecule has 1 aromatic heterocycles. The van der Waals surface area contributed by atoms with Crippen molar-refractivity contribution in [1.82, 2.24) is 9.78 Å². The molecule has 17 heavy (non-hydrogen) atoms. The zero-order chi connectivity index (χ0) is 12.5. The van der Waals surface area contributed by atoms with Crippen molar-refractivity contribution in [3.8, 4) is 0 Å². The SMILES string of the molecule is COCCOCCOC(=O)Cn1cc(N)cn1. The zero-order valence-electron chi connectivity index (χ0n) is 9.80. The van der Waals surface area contributed by atoms with E-state index in [1.54, 1.807) is 13.3 Å². The number of anilines is 1. The summed E-state index contributed by atoms with van der Waals surface area (Å²) in [5.74, 6) is -0.372. The minimum atomic E-state index is -0.372. The maximum absolute atomic E-state index is 11.3. The third kappa shape index (κ3) is 5.88. The van der Waals surface area contributed by atoms with E-state index in [1.807, 2.05) is 0 Å². The summed E-state index contributed by atoms with van der Waals surface area (Å²) in [5, 5.41) is 3.87. The van der Waals surface area contributed by atoms with E-state index in [0.717, 1.165) is 0 Å². The predicted octanol–water partition coefficient (Wildman–Crippen LogP) is -0.328. The van der Waals surface area contributed by atoms with E-state index in [4.69, 9.17) is 19.9 Å². The number of rotatable bonds is 8. The normalized spacial score (nSPS) is 10.4. The lowest BCUT2D eigenvalue weighted by molar-refractivity contribution is -0.146. The number of ether oxygens (including phenoxy) is 3. The van der Waals surface area contributed by atoms with Gasteiger partial charge in [-0.25, -0.2) is 0 Å². The van der Waals surface area contributed by atoms with Crippen LogP contribution in [0.4, 0.5) is 5.69 Å². The van der Waals surface area contributed by atoms with Crippen LogP contribution < -0.4 is 5.73 Å². The molecule has 0 aliphatic rings. The van der Waals surface area contributed by atoms with E-state index in [2.05, 4.69) is 5.10 Å². The van der Waals surface area contributed by atoms with Gasteiger partial charge in [0.25, 0.3) is 0 Å². The van der Waals surface area contributed by atoms with E-state index < -0.39 is 0 Å². The summed E-state index contributed by atoms with van der Waals surface area (Å²) < 4.78 is 16.3.